The van der Waals surface area contributed by atoms with E-state index in [1.54, 1.807) is 12.1 Å². The number of aliphatic hydroxyl groups excluding tert-OH is 1. The molecule has 4 unspecified atom stereocenters. The number of hydrogen-bond acceptors (Lipinski definition) is 8. The number of oxazole rings is 1. The largest absolute Gasteiger partial charge is 0.457 e. The second kappa shape index (κ2) is 18.4. The number of urea groups is 1. The fourth-order valence-corrected chi connectivity index (χ4v) is 7.77. The Balaban J connectivity index is 0.938. The van der Waals surface area contributed by atoms with Gasteiger partial charge in [-0.25, -0.2) is 9.78 Å². The Morgan fingerprint density at radius 1 is 0.707 bits per heavy atom. The van der Waals surface area contributed by atoms with Gasteiger partial charge in [0.2, 0.25) is 0 Å². The summed E-state index contributed by atoms with van der Waals surface area (Å²) in [6.07, 6.45) is -1.14. The van der Waals surface area contributed by atoms with Gasteiger partial charge in [0.1, 0.15) is 17.2 Å². The molecule has 0 radical (unpaired) electrons. The van der Waals surface area contributed by atoms with E-state index in [9.17, 15) is 9.90 Å². The van der Waals surface area contributed by atoms with Crippen LogP contribution in [0.4, 0.5) is 10.5 Å². The summed E-state index contributed by atoms with van der Waals surface area (Å²) >= 11 is 1.52. The molecule has 6 aromatic carbocycles. The Morgan fingerprint density at radius 2 is 1.31 bits per heavy atom. The van der Waals surface area contributed by atoms with Crippen LogP contribution in [0, 0.1) is 5.92 Å². The van der Waals surface area contributed by atoms with Gasteiger partial charge in [-0.15, -0.1) is 0 Å². The fourth-order valence-electron chi connectivity index (χ4n) is 6.78. The van der Waals surface area contributed by atoms with E-state index < -0.39 is 6.29 Å². The van der Waals surface area contributed by atoms with E-state index in [0.717, 1.165) is 50.6 Å². The molecule has 1 aromatic heterocycles. The van der Waals surface area contributed by atoms with Gasteiger partial charge in [-0.1, -0.05) is 146 Å². The van der Waals surface area contributed by atoms with Gasteiger partial charge in [-0.2, -0.15) is 0 Å². The molecule has 0 aliphatic carbocycles. The zero-order valence-electron chi connectivity index (χ0n) is 31.9. The number of para-hydroxylation sites is 1. The Labute approximate surface area is 342 Å². The van der Waals surface area contributed by atoms with Gasteiger partial charge in [0.05, 0.1) is 18.8 Å². The molecule has 7 aromatic rings. The van der Waals surface area contributed by atoms with Crippen molar-refractivity contribution in [3.63, 3.8) is 0 Å². The summed E-state index contributed by atoms with van der Waals surface area (Å²) in [6.45, 7) is 2.44. The van der Waals surface area contributed by atoms with Gasteiger partial charge in [-0.05, 0) is 53.1 Å². The van der Waals surface area contributed by atoms with Crippen LogP contribution in [0.2, 0.25) is 0 Å². The summed E-state index contributed by atoms with van der Waals surface area (Å²) < 4.78 is 25.7. The van der Waals surface area contributed by atoms with Crippen molar-refractivity contribution in [2.24, 2.45) is 5.92 Å². The highest BCUT2D eigenvalue weighted by Gasteiger charge is 2.38. The third-order valence-electron chi connectivity index (χ3n) is 9.98. The maximum atomic E-state index is 12.8. The number of amides is 2. The molecular formula is C48H43N3O6S. The Morgan fingerprint density at radius 3 is 1.98 bits per heavy atom. The number of nitrogens with one attached hydrogen (secondary N) is 2. The smallest absolute Gasteiger partial charge is 0.319 e. The molecule has 9 nitrogen and oxygen atoms in total. The van der Waals surface area contributed by atoms with Crippen molar-refractivity contribution in [3.8, 4) is 34.1 Å². The van der Waals surface area contributed by atoms with Gasteiger partial charge >= 0.3 is 6.03 Å². The summed E-state index contributed by atoms with van der Waals surface area (Å²) in [7, 11) is 0. The van der Waals surface area contributed by atoms with Gasteiger partial charge < -0.3 is 34.4 Å². The van der Waals surface area contributed by atoms with Crippen LogP contribution < -0.4 is 15.4 Å². The number of carbonyl (C=O) groups excluding carboxylic acids is 1. The number of benzene rings is 6. The average Bonchev–Trinajstić information content (AvgIpc) is 3.72. The molecule has 1 saturated heterocycles. The summed E-state index contributed by atoms with van der Waals surface area (Å²) in [5.41, 5.74) is 7.02. The first kappa shape index (κ1) is 38.7. The van der Waals surface area contributed by atoms with E-state index in [1.165, 1.54) is 11.8 Å². The molecule has 1 aliphatic rings. The lowest BCUT2D eigenvalue weighted by Gasteiger charge is -2.41. The van der Waals surface area contributed by atoms with Gasteiger partial charge in [0, 0.05) is 40.6 Å². The lowest BCUT2D eigenvalue weighted by Crippen LogP contribution is -2.38. The van der Waals surface area contributed by atoms with Crippen LogP contribution in [0.1, 0.15) is 41.6 Å². The number of rotatable bonds is 13. The highest BCUT2D eigenvalue weighted by molar-refractivity contribution is 7.99. The minimum atomic E-state index is -0.646. The van der Waals surface area contributed by atoms with Crippen LogP contribution in [0.15, 0.2) is 173 Å². The number of thioether (sulfide) groups is 1. The van der Waals surface area contributed by atoms with E-state index in [2.05, 4.69) is 17.6 Å². The Kier molecular flexibility index (Phi) is 12.3. The zero-order chi connectivity index (χ0) is 39.7. The van der Waals surface area contributed by atoms with Crippen molar-refractivity contribution in [2.45, 2.75) is 43.8 Å². The van der Waals surface area contributed by atoms with E-state index in [1.807, 2.05) is 152 Å². The first-order valence-electron chi connectivity index (χ1n) is 19.2. The third-order valence-corrected chi connectivity index (χ3v) is 10.9. The molecule has 2 heterocycles. The number of hydrogen-bond donors (Lipinski definition) is 3. The predicted octanol–water partition coefficient (Wildman–Crippen LogP) is 11.2. The molecule has 4 atom stereocenters. The molecule has 58 heavy (non-hydrogen) atoms. The number of anilines is 1. The zero-order valence-corrected chi connectivity index (χ0v) is 32.7. The molecule has 8 rings (SSSR count). The van der Waals surface area contributed by atoms with Crippen LogP contribution in [0.25, 0.3) is 22.6 Å². The summed E-state index contributed by atoms with van der Waals surface area (Å²) in [5, 5.41) is 16.0. The van der Waals surface area contributed by atoms with Crippen LogP contribution in [0.3, 0.4) is 0 Å². The minimum Gasteiger partial charge on any atom is -0.457 e. The summed E-state index contributed by atoms with van der Waals surface area (Å²) in [5.74, 6) is 2.71. The van der Waals surface area contributed by atoms with Gasteiger partial charge in [0.25, 0.3) is 5.22 Å². The monoisotopic (exact) mass is 789 g/mol. The van der Waals surface area contributed by atoms with Gasteiger partial charge in [0.15, 0.2) is 12.1 Å². The van der Waals surface area contributed by atoms with Crippen molar-refractivity contribution in [2.75, 3.05) is 11.1 Å². The van der Waals surface area contributed by atoms with E-state index >= 15 is 0 Å². The van der Waals surface area contributed by atoms with Crippen molar-refractivity contribution < 1.29 is 28.5 Å². The van der Waals surface area contributed by atoms with Crippen molar-refractivity contribution >= 4 is 23.5 Å². The normalized spacial score (nSPS) is 17.7. The van der Waals surface area contributed by atoms with Crippen molar-refractivity contribution in [1.82, 2.24) is 10.3 Å². The Bertz CT molecular complexity index is 2320. The molecule has 292 valence electrons. The molecule has 1 fully saturated rings. The second-order valence-electron chi connectivity index (χ2n) is 14.0. The number of aliphatic hydroxyl groups is 1. The topological polar surface area (TPSA) is 115 Å². The maximum absolute atomic E-state index is 12.8. The Hall–Kier alpha value is -6.17. The lowest BCUT2D eigenvalue weighted by molar-refractivity contribution is -0.268. The third kappa shape index (κ3) is 9.50. The van der Waals surface area contributed by atoms with Crippen molar-refractivity contribution in [3.05, 3.63) is 186 Å². The molecule has 3 N–H and O–H groups in total. The number of carbonyl (C=O) groups is 1. The number of ether oxygens (including phenoxy) is 3. The molecule has 0 bridgehead atoms. The van der Waals surface area contributed by atoms with Gasteiger partial charge in [-0.3, -0.25) is 0 Å². The van der Waals surface area contributed by atoms with Crippen LogP contribution in [-0.2, 0) is 22.6 Å². The highest BCUT2D eigenvalue weighted by Crippen LogP contribution is 2.44. The second-order valence-corrected chi connectivity index (χ2v) is 15.0. The molecule has 0 saturated carbocycles. The fraction of sp³-hybridized carbons (Fsp3) is 0.167. The van der Waals surface area contributed by atoms with Crippen LogP contribution >= 0.6 is 11.8 Å². The number of nitrogens with zero attached hydrogens (tertiary/aromatic N) is 1. The molecule has 2 amide bonds. The summed E-state index contributed by atoms with van der Waals surface area (Å²) in [4.78, 5) is 17.7. The molecular weight excluding hydrogens is 747 g/mol. The number of aromatic nitrogens is 1. The van der Waals surface area contributed by atoms with E-state index in [0.29, 0.717) is 29.0 Å². The standard InChI is InChI=1S/C48H43N3O6S/c1-32-42(31-58-48-51-43(35-11-5-2-6-12-35)45(57-48)36-13-7-3-8-14-36)55-46(56-44(32)37-21-19-34(30-52)20-22-37)38-23-17-33(18-24-38)29-49-47(53)50-39-25-27-41(28-26-39)54-40-15-9-4-10-16-40/h2-28,32,42,44,46,52H,29-31H2,1H3,(H2,49,50,53). The molecule has 0 spiro atoms. The lowest BCUT2D eigenvalue weighted by atomic mass is 9.91. The van der Waals surface area contributed by atoms with E-state index in [-0.39, 0.29) is 30.8 Å². The van der Waals surface area contributed by atoms with Crippen LogP contribution in [-0.4, -0.2) is 28.0 Å². The first-order valence-corrected chi connectivity index (χ1v) is 20.2. The molecule has 10 heteroatoms. The minimum absolute atomic E-state index is 0.0181. The van der Waals surface area contributed by atoms with E-state index in [4.69, 9.17) is 23.6 Å². The van der Waals surface area contributed by atoms with Crippen LogP contribution in [0.5, 0.6) is 11.5 Å². The predicted molar refractivity (Wildman–Crippen MR) is 226 cm³/mol. The van der Waals surface area contributed by atoms with Crippen molar-refractivity contribution in [1.29, 1.82) is 0 Å². The quantitative estimate of drug-likeness (QED) is 0.0989. The molecule has 1 aliphatic heterocycles. The summed E-state index contributed by atoms with van der Waals surface area (Å²) in [6, 6.07) is 52.3. The SMILES string of the molecule is CC1C(CSc2nc(-c3ccccc3)c(-c3ccccc3)o2)OC(c2ccc(CNC(=O)Nc3ccc(Oc4ccccc4)cc3)cc2)OC1c1ccc(CO)cc1. The highest BCUT2D eigenvalue weighted by atomic mass is 32.2. The average molecular weight is 790 g/mol. The first-order chi connectivity index (χ1) is 28.5. The maximum Gasteiger partial charge on any atom is 0.319 e.